The Morgan fingerprint density at radius 1 is 1.53 bits per heavy atom. The van der Waals surface area contributed by atoms with Crippen molar-refractivity contribution in [3.8, 4) is 5.75 Å². The number of benzene rings is 1. The van der Waals surface area contributed by atoms with E-state index >= 15 is 0 Å². The van der Waals surface area contributed by atoms with E-state index in [1.54, 1.807) is 13.8 Å². The zero-order valence-electron chi connectivity index (χ0n) is 8.25. The molecule has 0 saturated carbocycles. The first kappa shape index (κ1) is 12.0. The summed E-state index contributed by atoms with van der Waals surface area (Å²) in [6.07, 6.45) is -0.279. The summed E-state index contributed by atoms with van der Waals surface area (Å²) in [5, 5.41) is 8.86. The van der Waals surface area contributed by atoms with Crippen LogP contribution in [0.5, 0.6) is 5.75 Å². The molecule has 82 valence electrons. The van der Waals surface area contributed by atoms with Gasteiger partial charge in [-0.2, -0.15) is 0 Å². The van der Waals surface area contributed by atoms with E-state index in [2.05, 4.69) is 15.9 Å². The first-order chi connectivity index (χ1) is 6.91. The molecular weight excluding hydrogens is 267 g/mol. The average Bonchev–Trinajstić information content (AvgIpc) is 2.08. The van der Waals surface area contributed by atoms with Gasteiger partial charge in [-0.1, -0.05) is 15.9 Å². The van der Waals surface area contributed by atoms with E-state index < -0.39 is 11.8 Å². The summed E-state index contributed by atoms with van der Waals surface area (Å²) in [4.78, 5) is 10.8. The monoisotopic (exact) mass is 276 g/mol. The molecule has 0 atom stereocenters. The molecule has 0 radical (unpaired) electrons. The van der Waals surface area contributed by atoms with Crippen molar-refractivity contribution in [2.24, 2.45) is 0 Å². The van der Waals surface area contributed by atoms with Gasteiger partial charge in [0.15, 0.2) is 11.6 Å². The Morgan fingerprint density at radius 2 is 2.13 bits per heavy atom. The number of halogens is 2. The van der Waals surface area contributed by atoms with Gasteiger partial charge in [0.2, 0.25) is 0 Å². The first-order valence-electron chi connectivity index (χ1n) is 4.30. The van der Waals surface area contributed by atoms with Crippen LogP contribution in [0, 0.1) is 5.82 Å². The maximum absolute atomic E-state index is 13.4. The van der Waals surface area contributed by atoms with Gasteiger partial charge in [-0.3, -0.25) is 0 Å². The Balaban J connectivity index is 3.27. The van der Waals surface area contributed by atoms with Crippen molar-refractivity contribution in [1.82, 2.24) is 0 Å². The van der Waals surface area contributed by atoms with Crippen molar-refractivity contribution in [2.75, 3.05) is 0 Å². The second kappa shape index (κ2) is 4.61. The van der Waals surface area contributed by atoms with Crippen molar-refractivity contribution in [2.45, 2.75) is 20.0 Å². The van der Waals surface area contributed by atoms with E-state index in [0.717, 1.165) is 0 Å². The highest BCUT2D eigenvalue weighted by molar-refractivity contribution is 9.10. The maximum Gasteiger partial charge on any atom is 0.339 e. The van der Waals surface area contributed by atoms with E-state index in [1.807, 2.05) is 0 Å². The van der Waals surface area contributed by atoms with Crippen molar-refractivity contribution in [1.29, 1.82) is 0 Å². The number of carboxylic acids is 1. The fourth-order valence-corrected chi connectivity index (χ4v) is 1.50. The maximum atomic E-state index is 13.4. The standard InChI is InChI=1S/C10H10BrFO3/c1-5(2)15-9-7(10(13)14)3-6(11)4-8(9)12/h3-5H,1-2H3,(H,13,14). The van der Waals surface area contributed by atoms with Gasteiger partial charge in [-0.15, -0.1) is 0 Å². The minimum Gasteiger partial charge on any atom is -0.487 e. The lowest BCUT2D eigenvalue weighted by Gasteiger charge is -2.13. The zero-order chi connectivity index (χ0) is 11.6. The molecule has 0 heterocycles. The molecule has 0 fully saturated rings. The molecule has 0 saturated heterocycles. The SMILES string of the molecule is CC(C)Oc1c(F)cc(Br)cc1C(=O)O. The summed E-state index contributed by atoms with van der Waals surface area (Å²) in [6, 6.07) is 2.48. The van der Waals surface area contributed by atoms with Gasteiger partial charge < -0.3 is 9.84 Å². The zero-order valence-corrected chi connectivity index (χ0v) is 9.84. The molecule has 1 aromatic rings. The number of rotatable bonds is 3. The predicted octanol–water partition coefficient (Wildman–Crippen LogP) is 3.07. The molecule has 0 amide bonds. The summed E-state index contributed by atoms with van der Waals surface area (Å²) >= 11 is 3.02. The lowest BCUT2D eigenvalue weighted by molar-refractivity contribution is 0.0689. The molecule has 0 aliphatic carbocycles. The molecule has 15 heavy (non-hydrogen) atoms. The van der Waals surface area contributed by atoms with Gasteiger partial charge in [0.05, 0.1) is 6.10 Å². The highest BCUT2D eigenvalue weighted by Gasteiger charge is 2.18. The van der Waals surface area contributed by atoms with Crippen LogP contribution >= 0.6 is 15.9 Å². The second-order valence-corrected chi connectivity index (χ2v) is 4.15. The van der Waals surface area contributed by atoms with Crippen LogP contribution in [-0.2, 0) is 0 Å². The molecule has 1 rings (SSSR count). The lowest BCUT2D eigenvalue weighted by Crippen LogP contribution is -2.11. The molecule has 0 aliphatic heterocycles. The molecule has 0 aliphatic rings. The van der Waals surface area contributed by atoms with Gasteiger partial charge >= 0.3 is 5.97 Å². The van der Waals surface area contributed by atoms with Crippen molar-refractivity contribution in [3.05, 3.63) is 28.0 Å². The Bertz CT molecular complexity index is 390. The fourth-order valence-electron chi connectivity index (χ4n) is 1.07. The molecule has 0 aromatic heterocycles. The van der Waals surface area contributed by atoms with Crippen molar-refractivity contribution in [3.63, 3.8) is 0 Å². The molecule has 1 N–H and O–H groups in total. The molecule has 0 bridgehead atoms. The first-order valence-corrected chi connectivity index (χ1v) is 5.10. The molecule has 3 nitrogen and oxygen atoms in total. The number of carbonyl (C=O) groups is 1. The quantitative estimate of drug-likeness (QED) is 0.923. The van der Waals surface area contributed by atoms with E-state index in [1.165, 1.54) is 12.1 Å². The minimum atomic E-state index is -1.22. The van der Waals surface area contributed by atoms with Crippen molar-refractivity contribution >= 4 is 21.9 Å². The highest BCUT2D eigenvalue weighted by atomic mass is 79.9. The largest absolute Gasteiger partial charge is 0.487 e. The van der Waals surface area contributed by atoms with E-state index in [-0.39, 0.29) is 17.4 Å². The Hall–Kier alpha value is -1.10. The fraction of sp³-hybridized carbons (Fsp3) is 0.300. The van der Waals surface area contributed by atoms with Crippen LogP contribution in [0.2, 0.25) is 0 Å². The summed E-state index contributed by atoms with van der Waals surface area (Å²) in [5.74, 6) is -2.12. The summed E-state index contributed by atoms with van der Waals surface area (Å²) in [6.45, 7) is 3.40. The van der Waals surface area contributed by atoms with Crippen LogP contribution < -0.4 is 4.74 Å². The summed E-state index contributed by atoms with van der Waals surface area (Å²) in [7, 11) is 0. The minimum absolute atomic E-state index is 0.185. The van der Waals surface area contributed by atoms with Gasteiger partial charge in [-0.05, 0) is 26.0 Å². The predicted molar refractivity (Wildman–Crippen MR) is 56.8 cm³/mol. The van der Waals surface area contributed by atoms with Gasteiger partial charge in [0, 0.05) is 4.47 Å². The number of hydrogen-bond donors (Lipinski definition) is 1. The third kappa shape index (κ3) is 2.92. The third-order valence-electron chi connectivity index (χ3n) is 1.59. The third-order valence-corrected chi connectivity index (χ3v) is 2.05. The van der Waals surface area contributed by atoms with Crippen LogP contribution in [-0.4, -0.2) is 17.2 Å². The van der Waals surface area contributed by atoms with Crippen LogP contribution in [0.1, 0.15) is 24.2 Å². The van der Waals surface area contributed by atoms with Crippen LogP contribution in [0.25, 0.3) is 0 Å². The number of hydrogen-bond acceptors (Lipinski definition) is 2. The molecule has 0 unspecified atom stereocenters. The van der Waals surface area contributed by atoms with Gasteiger partial charge in [0.1, 0.15) is 5.56 Å². The number of ether oxygens (including phenoxy) is 1. The summed E-state index contributed by atoms with van der Waals surface area (Å²) < 4.78 is 18.9. The normalized spacial score (nSPS) is 10.5. The van der Waals surface area contributed by atoms with Crippen LogP contribution in [0.4, 0.5) is 4.39 Å². The Labute approximate surface area is 95.0 Å². The smallest absolute Gasteiger partial charge is 0.339 e. The van der Waals surface area contributed by atoms with Gasteiger partial charge in [0.25, 0.3) is 0 Å². The molecule has 0 spiro atoms. The molecule has 5 heteroatoms. The molecule has 1 aromatic carbocycles. The Kier molecular flexibility index (Phi) is 3.68. The van der Waals surface area contributed by atoms with E-state index in [9.17, 15) is 9.18 Å². The highest BCUT2D eigenvalue weighted by Crippen LogP contribution is 2.28. The Morgan fingerprint density at radius 3 is 2.60 bits per heavy atom. The van der Waals surface area contributed by atoms with E-state index in [4.69, 9.17) is 9.84 Å². The topological polar surface area (TPSA) is 46.5 Å². The van der Waals surface area contributed by atoms with Crippen molar-refractivity contribution < 1.29 is 19.0 Å². The molecular formula is C10H10BrFO3. The average molecular weight is 277 g/mol. The summed E-state index contributed by atoms with van der Waals surface area (Å²) in [5.41, 5.74) is -0.185. The lowest BCUT2D eigenvalue weighted by atomic mass is 10.2. The number of carboxylic acid groups (broad SMARTS) is 1. The number of aromatic carboxylic acids is 1. The van der Waals surface area contributed by atoms with Gasteiger partial charge in [-0.25, -0.2) is 9.18 Å². The second-order valence-electron chi connectivity index (χ2n) is 3.24. The van der Waals surface area contributed by atoms with E-state index in [0.29, 0.717) is 4.47 Å². The van der Waals surface area contributed by atoms with Crippen LogP contribution in [0.3, 0.4) is 0 Å². The van der Waals surface area contributed by atoms with Crippen LogP contribution in [0.15, 0.2) is 16.6 Å².